The first kappa shape index (κ1) is 9.17. The second kappa shape index (κ2) is 8.82. The standard InChI is InChI=1S/C2HClO.Na.H/c1-2-4-3;;/h1H;;. The van der Waals surface area contributed by atoms with Crippen molar-refractivity contribution in [1.29, 1.82) is 0 Å². The van der Waals surface area contributed by atoms with Crippen molar-refractivity contribution in [1.82, 2.24) is 0 Å². The summed E-state index contributed by atoms with van der Waals surface area (Å²) in [5, 5.41) is 0. The zero-order valence-corrected chi connectivity index (χ0v) is 2.62. The Hall–Kier alpha value is 0.650. The van der Waals surface area contributed by atoms with Crippen LogP contribution in [0.25, 0.3) is 0 Å². The number of terminal acetylenes is 1. The molecule has 0 aliphatic heterocycles. The van der Waals surface area contributed by atoms with Gasteiger partial charge in [-0.25, -0.2) is 0 Å². The van der Waals surface area contributed by atoms with Gasteiger partial charge in [0.15, 0.2) is 0 Å². The predicted octanol–water partition coefficient (Wildman–Crippen LogP) is 0.0990. The van der Waals surface area contributed by atoms with Crippen LogP contribution in [0.2, 0.25) is 0 Å². The molecule has 0 amide bonds. The van der Waals surface area contributed by atoms with E-state index in [1.165, 1.54) is 0 Å². The van der Waals surface area contributed by atoms with E-state index in [9.17, 15) is 0 Å². The van der Waals surface area contributed by atoms with E-state index in [0.29, 0.717) is 0 Å². The van der Waals surface area contributed by atoms with Gasteiger partial charge in [-0.05, 0) is 0 Å². The van der Waals surface area contributed by atoms with Gasteiger partial charge in [-0.1, -0.05) is 6.42 Å². The molecule has 0 N–H and O–H groups in total. The normalized spacial score (nSPS) is 3.20. The van der Waals surface area contributed by atoms with Crippen LogP contribution in [0.3, 0.4) is 0 Å². The van der Waals surface area contributed by atoms with Crippen LogP contribution in [0.5, 0.6) is 0 Å². The van der Waals surface area contributed by atoms with Gasteiger partial charge in [0.25, 0.3) is 0 Å². The van der Waals surface area contributed by atoms with Gasteiger partial charge < -0.3 is 4.29 Å². The molecular formula is C2H2ClNaO. The number of hydrogen-bond donors (Lipinski definition) is 0. The molecule has 0 atom stereocenters. The van der Waals surface area contributed by atoms with Gasteiger partial charge in [0.05, 0.1) is 0 Å². The van der Waals surface area contributed by atoms with Crippen LogP contribution in [-0.4, -0.2) is 29.6 Å². The minimum absolute atomic E-state index is 0. The molecule has 0 aliphatic rings. The van der Waals surface area contributed by atoms with Crippen LogP contribution < -0.4 is 0 Å². The Bertz CT molecular complexity index is 39.4. The maximum absolute atomic E-state index is 4.45. The molecule has 0 saturated heterocycles. The monoisotopic (exact) mass is 100.0 g/mol. The molecule has 0 fully saturated rings. The van der Waals surface area contributed by atoms with Crippen molar-refractivity contribution in [2.24, 2.45) is 0 Å². The quantitative estimate of drug-likeness (QED) is 0.310. The van der Waals surface area contributed by atoms with Crippen molar-refractivity contribution in [2.45, 2.75) is 0 Å². The molecule has 0 aromatic rings. The van der Waals surface area contributed by atoms with Crippen molar-refractivity contribution in [3.05, 3.63) is 0 Å². The SMILES string of the molecule is C#COCl.[NaH]. The van der Waals surface area contributed by atoms with Crippen molar-refractivity contribution in [3.63, 3.8) is 0 Å². The average Bonchev–Trinajstić information content (AvgIpc) is 1.37. The molecule has 3 heteroatoms. The molecule has 0 bridgehead atoms. The molecule has 0 spiro atoms. The topological polar surface area (TPSA) is 9.23 Å². The zero-order chi connectivity index (χ0) is 3.41. The molecule has 0 unspecified atom stereocenters. The number of halogens is 1. The Morgan fingerprint density at radius 2 is 2.00 bits per heavy atom. The predicted molar refractivity (Wildman–Crippen MR) is 22.9 cm³/mol. The van der Waals surface area contributed by atoms with Crippen LogP contribution in [0, 0.1) is 12.5 Å². The summed E-state index contributed by atoms with van der Waals surface area (Å²) >= 11 is 4.45. The average molecular weight is 100 g/mol. The summed E-state index contributed by atoms with van der Waals surface area (Å²) in [6, 6.07) is 0. The van der Waals surface area contributed by atoms with Crippen molar-refractivity contribution >= 4 is 41.4 Å². The van der Waals surface area contributed by atoms with Gasteiger partial charge in [0, 0.05) is 0 Å². The van der Waals surface area contributed by atoms with Crippen LogP contribution in [0.15, 0.2) is 0 Å². The summed E-state index contributed by atoms with van der Waals surface area (Å²) < 4.78 is 3.54. The van der Waals surface area contributed by atoms with Gasteiger partial charge in [0.1, 0.15) is 18.0 Å². The van der Waals surface area contributed by atoms with E-state index >= 15 is 0 Å². The van der Waals surface area contributed by atoms with Crippen LogP contribution in [0.1, 0.15) is 0 Å². The third-order valence-electron chi connectivity index (χ3n) is 0.0445. The fraction of sp³-hybridized carbons (Fsp3) is 0. The molecule has 0 aromatic carbocycles. The van der Waals surface area contributed by atoms with Gasteiger partial charge in [-0.3, -0.25) is 0 Å². The Kier molecular flexibility index (Phi) is 16.2. The third-order valence-corrected chi connectivity index (χ3v) is 0.134. The first-order valence-corrected chi connectivity index (χ1v) is 0.956. The molecule has 24 valence electrons. The number of hydrogen-bond acceptors (Lipinski definition) is 1. The molecule has 1 nitrogen and oxygen atoms in total. The summed E-state index contributed by atoms with van der Waals surface area (Å²) in [4.78, 5) is 0. The number of rotatable bonds is 0. The Morgan fingerprint density at radius 1 is 1.80 bits per heavy atom. The zero-order valence-electron chi connectivity index (χ0n) is 1.86. The van der Waals surface area contributed by atoms with E-state index in [-0.39, 0.29) is 29.6 Å². The van der Waals surface area contributed by atoms with Gasteiger partial charge in [0.2, 0.25) is 0 Å². The van der Waals surface area contributed by atoms with Crippen LogP contribution in [-0.2, 0) is 4.29 Å². The second-order valence-electron chi connectivity index (χ2n) is 0.195. The molecule has 0 aromatic heterocycles. The summed E-state index contributed by atoms with van der Waals surface area (Å²) in [7, 11) is 0. The Balaban J connectivity index is 0. The Labute approximate surface area is 58.1 Å². The van der Waals surface area contributed by atoms with Gasteiger partial charge in [-0.2, -0.15) is 0 Å². The molecule has 0 saturated carbocycles. The Morgan fingerprint density at radius 3 is 2.00 bits per heavy atom. The summed E-state index contributed by atoms with van der Waals surface area (Å²) in [5.74, 6) is 0. The van der Waals surface area contributed by atoms with Gasteiger partial charge in [-0.15, -0.1) is 0 Å². The molecule has 0 rings (SSSR count). The van der Waals surface area contributed by atoms with E-state index in [2.05, 4.69) is 22.6 Å². The molecule has 0 heterocycles. The summed E-state index contributed by atoms with van der Waals surface area (Å²) in [6.45, 7) is 0. The van der Waals surface area contributed by atoms with E-state index in [1.807, 2.05) is 0 Å². The molecule has 0 aliphatic carbocycles. The third kappa shape index (κ3) is 12.0. The first-order chi connectivity index (χ1) is 1.91. The second-order valence-corrected chi connectivity index (χ2v) is 0.349. The minimum atomic E-state index is 0. The van der Waals surface area contributed by atoms with E-state index in [0.717, 1.165) is 0 Å². The molecule has 5 heavy (non-hydrogen) atoms. The van der Waals surface area contributed by atoms with Crippen molar-refractivity contribution in [2.75, 3.05) is 0 Å². The summed E-state index contributed by atoms with van der Waals surface area (Å²) in [5.41, 5.74) is 0. The molecular weight excluding hydrogens is 98.5 g/mol. The van der Waals surface area contributed by atoms with Crippen LogP contribution in [0.4, 0.5) is 0 Å². The summed E-state index contributed by atoms with van der Waals surface area (Å²) in [6.07, 6.45) is 6.12. The van der Waals surface area contributed by atoms with E-state index in [4.69, 9.17) is 0 Å². The van der Waals surface area contributed by atoms with Crippen molar-refractivity contribution < 1.29 is 4.29 Å². The first-order valence-electron chi connectivity index (χ1n) is 0.647. The van der Waals surface area contributed by atoms with Crippen molar-refractivity contribution in [3.8, 4) is 12.5 Å². The van der Waals surface area contributed by atoms with Crippen LogP contribution >= 0.6 is 11.9 Å². The fourth-order valence-electron chi connectivity index (χ4n) is 0. The van der Waals surface area contributed by atoms with E-state index < -0.39 is 0 Å². The van der Waals surface area contributed by atoms with Gasteiger partial charge >= 0.3 is 29.6 Å². The fourth-order valence-corrected chi connectivity index (χ4v) is 0. The maximum atomic E-state index is 4.45. The molecule has 0 radical (unpaired) electrons. The van der Waals surface area contributed by atoms with E-state index in [1.54, 1.807) is 6.11 Å².